The lowest BCUT2D eigenvalue weighted by Gasteiger charge is -2.26. The van der Waals surface area contributed by atoms with E-state index < -0.39 is 0 Å². The standard InChI is InChI=1S/C19H25N.2C18H23N.2C17H21N/c1-12-8-16(5)19(17(6)9-12)20(7)18-11-14(3)13(2)10-15(18)4;1-12-9-15(4)18(16(5)10-12)19(6)17-8-7-13(2)14(3)11-17;1-12-7-8-17(15(4)9-12)19(6)18-11-14(3)13(2)10-16(18)5;1-12-6-9-17(15(4)10-12)18(5)16-8-7-13(2)14(3)11-16;1-12-6-8-16(9-7-12)18(5)17-14(3)10-13(2)11-15(17)4/h8-11H,1-7H3;2*7-11H,1-6H3;2*6-11H,1-5H3. The largest absolute Gasteiger partial charge is 0.344 e. The Morgan fingerprint density at radius 3 is 0.755 bits per heavy atom. The fourth-order valence-electron chi connectivity index (χ4n) is 13.4. The topological polar surface area (TPSA) is 16.2 Å². The Morgan fingerprint density at radius 2 is 0.404 bits per heavy atom. The van der Waals surface area contributed by atoms with Crippen LogP contribution < -0.4 is 24.5 Å². The van der Waals surface area contributed by atoms with Crippen LogP contribution in [0.2, 0.25) is 0 Å². The zero-order chi connectivity index (χ0) is 69.9. The molecule has 94 heavy (non-hydrogen) atoms. The summed E-state index contributed by atoms with van der Waals surface area (Å²) in [4.78, 5) is 11.4. The minimum absolute atomic E-state index is 1.23. The van der Waals surface area contributed by atoms with E-state index in [1.54, 1.807) is 0 Å². The van der Waals surface area contributed by atoms with Gasteiger partial charge in [-0.25, -0.2) is 0 Å². The Labute approximate surface area is 570 Å². The highest BCUT2D eigenvalue weighted by molar-refractivity contribution is 5.75. The molecule has 0 amide bonds. The summed E-state index contributed by atoms with van der Waals surface area (Å²) in [5.41, 5.74) is 44.7. The van der Waals surface area contributed by atoms with Crippen molar-refractivity contribution in [3.8, 4) is 0 Å². The average molecular weight is 1250 g/mol. The van der Waals surface area contributed by atoms with Crippen molar-refractivity contribution in [2.45, 2.75) is 166 Å². The Balaban J connectivity index is 0.000000186. The monoisotopic (exact) mass is 1250 g/mol. The van der Waals surface area contributed by atoms with E-state index in [1.165, 1.54) is 190 Å². The first kappa shape index (κ1) is 74.2. The lowest BCUT2D eigenvalue weighted by Crippen LogP contribution is -2.14. The van der Waals surface area contributed by atoms with Crippen LogP contribution >= 0.6 is 0 Å². The second-order valence-corrected chi connectivity index (χ2v) is 27.4. The van der Waals surface area contributed by atoms with E-state index in [2.05, 4.69) is 384 Å². The third kappa shape index (κ3) is 18.7. The smallest absolute Gasteiger partial charge is 0.0467 e. The van der Waals surface area contributed by atoms with Crippen LogP contribution in [-0.2, 0) is 0 Å². The minimum atomic E-state index is 1.23. The molecule has 0 N–H and O–H groups in total. The SMILES string of the molecule is Cc1cc(C)c(N(C)c2cc(C)c(C)cc2C)c(C)c1.Cc1cc(C)c(N(C)c2ccc(C)c(C)c2)c(C)c1.Cc1ccc(N(C)c2c(C)cc(C)cc2C)cc1.Cc1ccc(N(C)c2cc(C)c(C)cc2C)c(C)c1.Cc1ccc(N(C)c2ccc(C)c(C)c2)c(C)c1. The van der Waals surface area contributed by atoms with E-state index in [0.717, 1.165) is 0 Å². The van der Waals surface area contributed by atoms with Gasteiger partial charge in [0.2, 0.25) is 0 Å². The van der Waals surface area contributed by atoms with E-state index >= 15 is 0 Å². The molecule has 0 heterocycles. The summed E-state index contributed by atoms with van der Waals surface area (Å²) in [6.07, 6.45) is 0. The van der Waals surface area contributed by atoms with Crippen molar-refractivity contribution >= 4 is 56.9 Å². The van der Waals surface area contributed by atoms with Crippen molar-refractivity contribution < 1.29 is 0 Å². The summed E-state index contributed by atoms with van der Waals surface area (Å²) < 4.78 is 0. The van der Waals surface area contributed by atoms with Gasteiger partial charge in [-0.2, -0.15) is 0 Å². The van der Waals surface area contributed by atoms with Crippen molar-refractivity contribution in [1.82, 2.24) is 0 Å². The van der Waals surface area contributed by atoms with Gasteiger partial charge in [0.25, 0.3) is 0 Å². The van der Waals surface area contributed by atoms with Crippen LogP contribution in [0.4, 0.5) is 56.9 Å². The molecule has 0 radical (unpaired) electrons. The molecule has 0 unspecified atom stereocenters. The zero-order valence-electron chi connectivity index (χ0n) is 63.2. The predicted octanol–water partition coefficient (Wildman–Crippen LogP) is 24.7. The quantitative estimate of drug-likeness (QED) is 0.135. The molecule has 5 heteroatoms. The van der Waals surface area contributed by atoms with Crippen LogP contribution in [-0.4, -0.2) is 35.2 Å². The summed E-state index contributed by atoms with van der Waals surface area (Å²) in [5, 5.41) is 0. The van der Waals surface area contributed by atoms with Gasteiger partial charge in [-0.05, 0) is 327 Å². The number of hydrogen-bond acceptors (Lipinski definition) is 5. The summed E-state index contributed by atoms with van der Waals surface area (Å²) >= 11 is 0. The van der Waals surface area contributed by atoms with Crippen LogP contribution in [0.1, 0.15) is 134 Å². The Bertz CT molecular complexity index is 4200. The van der Waals surface area contributed by atoms with Crippen LogP contribution in [0.25, 0.3) is 0 Å². The molecular formula is C89H113N5. The number of aryl methyl sites for hydroxylation is 24. The van der Waals surface area contributed by atoms with Gasteiger partial charge in [0.15, 0.2) is 0 Å². The van der Waals surface area contributed by atoms with E-state index in [-0.39, 0.29) is 0 Å². The van der Waals surface area contributed by atoms with Crippen molar-refractivity contribution in [1.29, 1.82) is 0 Å². The third-order valence-corrected chi connectivity index (χ3v) is 18.9. The first-order valence-corrected chi connectivity index (χ1v) is 33.5. The van der Waals surface area contributed by atoms with E-state index in [4.69, 9.17) is 0 Å². The maximum Gasteiger partial charge on any atom is 0.0467 e. The van der Waals surface area contributed by atoms with Crippen molar-refractivity contribution in [2.75, 3.05) is 59.7 Å². The van der Waals surface area contributed by atoms with Gasteiger partial charge in [-0.15, -0.1) is 0 Å². The number of benzene rings is 10. The van der Waals surface area contributed by atoms with Gasteiger partial charge in [0.1, 0.15) is 0 Å². The molecule has 0 bridgehead atoms. The molecule has 10 rings (SSSR count). The van der Waals surface area contributed by atoms with Crippen molar-refractivity contribution in [3.63, 3.8) is 0 Å². The lowest BCUT2D eigenvalue weighted by molar-refractivity contribution is 1.13. The van der Waals surface area contributed by atoms with Crippen molar-refractivity contribution in [2.24, 2.45) is 0 Å². The highest BCUT2D eigenvalue weighted by atomic mass is 15.1. The highest BCUT2D eigenvalue weighted by Crippen LogP contribution is 2.37. The molecule has 0 fully saturated rings. The summed E-state index contributed by atoms with van der Waals surface area (Å²) in [6.45, 7) is 52.0. The average Bonchev–Trinajstić information content (AvgIpc) is 0.844. The number of hydrogen-bond donors (Lipinski definition) is 0. The molecule has 0 aromatic heterocycles. The van der Waals surface area contributed by atoms with E-state index in [9.17, 15) is 0 Å². The predicted molar refractivity (Wildman–Crippen MR) is 418 cm³/mol. The minimum Gasteiger partial charge on any atom is -0.344 e. The zero-order valence-corrected chi connectivity index (χ0v) is 63.2. The molecule has 0 aliphatic heterocycles. The summed E-state index contributed by atoms with van der Waals surface area (Å²) in [5.74, 6) is 0. The molecule has 10 aromatic rings. The molecule has 0 aliphatic rings. The van der Waals surface area contributed by atoms with Gasteiger partial charge in [-0.1, -0.05) is 130 Å². The van der Waals surface area contributed by atoms with E-state index in [0.29, 0.717) is 0 Å². The molecule has 0 atom stereocenters. The van der Waals surface area contributed by atoms with Crippen LogP contribution in [0.5, 0.6) is 0 Å². The normalized spacial score (nSPS) is 10.6. The molecule has 10 aromatic carbocycles. The molecule has 0 aliphatic carbocycles. The number of anilines is 10. The van der Waals surface area contributed by atoms with Gasteiger partial charge in [0.05, 0.1) is 0 Å². The van der Waals surface area contributed by atoms with Crippen molar-refractivity contribution in [3.05, 3.63) is 291 Å². The first-order chi connectivity index (χ1) is 44.1. The molecular weight excluding hydrogens is 1140 g/mol. The van der Waals surface area contributed by atoms with Gasteiger partial charge >= 0.3 is 0 Å². The second-order valence-electron chi connectivity index (χ2n) is 27.4. The maximum atomic E-state index is 2.33. The maximum absolute atomic E-state index is 2.33. The highest BCUT2D eigenvalue weighted by Gasteiger charge is 2.17. The molecule has 0 saturated carbocycles. The van der Waals surface area contributed by atoms with Gasteiger partial charge < -0.3 is 24.5 Å². The second kappa shape index (κ2) is 32.4. The van der Waals surface area contributed by atoms with Gasteiger partial charge in [-0.3, -0.25) is 0 Å². The fraction of sp³-hybridized carbons (Fsp3) is 0.326. The Hall–Kier alpha value is -8.80. The Kier molecular flexibility index (Phi) is 25.6. The van der Waals surface area contributed by atoms with Crippen LogP contribution in [0.15, 0.2) is 158 Å². The number of nitrogens with zero attached hydrogens (tertiary/aromatic N) is 5. The summed E-state index contributed by atoms with van der Waals surface area (Å²) in [7, 11) is 10.7. The fourth-order valence-corrected chi connectivity index (χ4v) is 13.4. The molecule has 5 nitrogen and oxygen atoms in total. The van der Waals surface area contributed by atoms with Crippen LogP contribution in [0.3, 0.4) is 0 Å². The Morgan fingerprint density at radius 1 is 0.149 bits per heavy atom. The molecule has 0 saturated heterocycles. The number of rotatable bonds is 10. The molecule has 0 spiro atoms. The summed E-state index contributed by atoms with van der Waals surface area (Å²) in [6, 6.07) is 57.8. The molecule has 494 valence electrons. The first-order valence-electron chi connectivity index (χ1n) is 33.5. The third-order valence-electron chi connectivity index (χ3n) is 18.9. The van der Waals surface area contributed by atoms with E-state index in [1.807, 2.05) is 0 Å². The lowest BCUT2D eigenvalue weighted by atomic mass is 10.0. The van der Waals surface area contributed by atoms with Crippen LogP contribution in [0, 0.1) is 166 Å². The van der Waals surface area contributed by atoms with Gasteiger partial charge in [0, 0.05) is 92.1 Å².